The maximum absolute atomic E-state index is 13.5. The molecule has 2 aromatic carbocycles. The Morgan fingerprint density at radius 1 is 1.12 bits per heavy atom. The molecule has 0 radical (unpaired) electrons. The first-order valence-electron chi connectivity index (χ1n) is 8.46. The molecule has 2 atom stereocenters. The van der Waals surface area contributed by atoms with Crippen LogP contribution in [0, 0.1) is 0 Å². The predicted octanol–water partition coefficient (Wildman–Crippen LogP) is 3.69. The average Bonchev–Trinajstić information content (AvgIpc) is 2.89. The molecule has 3 heteroatoms. The highest BCUT2D eigenvalue weighted by molar-refractivity contribution is 6.15. The quantitative estimate of drug-likeness (QED) is 0.877. The van der Waals surface area contributed by atoms with Crippen LogP contribution in [0.4, 0.5) is 5.69 Å². The van der Waals surface area contributed by atoms with Crippen LogP contribution in [0.1, 0.15) is 35.7 Å². The van der Waals surface area contributed by atoms with Gasteiger partial charge in [0.05, 0.1) is 6.04 Å². The molecule has 0 aliphatic carbocycles. The number of rotatable bonds is 3. The van der Waals surface area contributed by atoms with Crippen LogP contribution in [0.3, 0.4) is 0 Å². The molecule has 2 heterocycles. The number of benzene rings is 2. The van der Waals surface area contributed by atoms with E-state index in [1.807, 2.05) is 54.6 Å². The van der Waals surface area contributed by atoms with Gasteiger partial charge in [-0.05, 0) is 31.0 Å². The zero-order chi connectivity index (χ0) is 16.7. The molecule has 0 aromatic heterocycles. The molecule has 0 saturated carbocycles. The van der Waals surface area contributed by atoms with Crippen LogP contribution in [0.15, 0.2) is 66.2 Å². The van der Waals surface area contributed by atoms with Crippen molar-refractivity contribution in [3.8, 4) is 0 Å². The summed E-state index contributed by atoms with van der Waals surface area (Å²) in [5.74, 6) is 0.163. The summed E-state index contributed by atoms with van der Waals surface area (Å²) < 4.78 is 0. The number of hydrogen-bond donors (Lipinski definition) is 1. The van der Waals surface area contributed by atoms with Crippen LogP contribution in [-0.2, 0) is 5.54 Å². The van der Waals surface area contributed by atoms with E-state index < -0.39 is 5.54 Å². The number of ketones is 1. The van der Waals surface area contributed by atoms with Crippen LogP contribution >= 0.6 is 0 Å². The minimum absolute atomic E-state index is 0.0385. The molecule has 2 aliphatic heterocycles. The minimum atomic E-state index is -0.690. The summed E-state index contributed by atoms with van der Waals surface area (Å²) in [7, 11) is 0. The zero-order valence-corrected chi connectivity index (χ0v) is 13.8. The topological polar surface area (TPSA) is 40.5 Å². The van der Waals surface area contributed by atoms with Gasteiger partial charge in [-0.3, -0.25) is 4.79 Å². The molecule has 0 unspecified atom stereocenters. The maximum Gasteiger partial charge on any atom is 0.195 e. The molecule has 3 nitrogen and oxygen atoms in total. The van der Waals surface area contributed by atoms with Crippen molar-refractivity contribution in [3.05, 3.63) is 77.4 Å². The fourth-order valence-corrected chi connectivity index (χ4v) is 4.27. The van der Waals surface area contributed by atoms with Crippen LogP contribution in [-0.4, -0.2) is 23.5 Å². The Morgan fingerprint density at radius 2 is 1.83 bits per heavy atom. The largest absolute Gasteiger partial charge is 0.396 e. The molecule has 0 amide bonds. The third-order valence-electron chi connectivity index (χ3n) is 5.41. The second-order valence-electron chi connectivity index (χ2n) is 6.62. The highest BCUT2D eigenvalue weighted by Gasteiger charge is 2.55. The van der Waals surface area contributed by atoms with Gasteiger partial charge in [-0.15, -0.1) is 0 Å². The lowest BCUT2D eigenvalue weighted by molar-refractivity contribution is 0.0886. The van der Waals surface area contributed by atoms with Crippen LogP contribution < -0.4 is 4.90 Å². The fraction of sp³-hybridized carbons (Fsp3) is 0.286. The molecule has 0 bridgehead atoms. The van der Waals surface area contributed by atoms with Crippen molar-refractivity contribution in [1.29, 1.82) is 0 Å². The van der Waals surface area contributed by atoms with E-state index in [4.69, 9.17) is 0 Å². The van der Waals surface area contributed by atoms with Gasteiger partial charge in [-0.1, -0.05) is 54.1 Å². The average molecular weight is 319 g/mol. The van der Waals surface area contributed by atoms with E-state index in [0.717, 1.165) is 16.8 Å². The van der Waals surface area contributed by atoms with Gasteiger partial charge >= 0.3 is 0 Å². The summed E-state index contributed by atoms with van der Waals surface area (Å²) in [5, 5.41) is 9.59. The van der Waals surface area contributed by atoms with E-state index in [2.05, 4.69) is 17.9 Å². The van der Waals surface area contributed by atoms with Crippen molar-refractivity contribution in [3.63, 3.8) is 0 Å². The first-order chi connectivity index (χ1) is 11.7. The normalized spacial score (nSPS) is 25.2. The number of aliphatic hydroxyl groups is 1. The summed E-state index contributed by atoms with van der Waals surface area (Å²) in [6, 6.07) is 17.9. The number of aliphatic hydroxyl groups excluding tert-OH is 1. The summed E-state index contributed by atoms with van der Waals surface area (Å²) in [6.07, 6.45) is 3.46. The van der Waals surface area contributed by atoms with Crippen molar-refractivity contribution >= 4 is 11.5 Å². The summed E-state index contributed by atoms with van der Waals surface area (Å²) in [4.78, 5) is 15.7. The van der Waals surface area contributed by atoms with Gasteiger partial charge in [0, 0.05) is 24.3 Å². The minimum Gasteiger partial charge on any atom is -0.396 e. The molecule has 0 spiro atoms. The Bertz CT molecular complexity index is 812. The third-order valence-corrected chi connectivity index (χ3v) is 5.41. The fourth-order valence-electron chi connectivity index (χ4n) is 4.27. The van der Waals surface area contributed by atoms with Crippen LogP contribution in [0.2, 0.25) is 0 Å². The summed E-state index contributed by atoms with van der Waals surface area (Å²) in [6.45, 7) is 2.20. The van der Waals surface area contributed by atoms with Gasteiger partial charge in [-0.25, -0.2) is 0 Å². The lowest BCUT2D eigenvalue weighted by Crippen LogP contribution is -2.55. The lowest BCUT2D eigenvalue weighted by atomic mass is 9.77. The van der Waals surface area contributed by atoms with E-state index in [1.54, 1.807) is 0 Å². The second kappa shape index (κ2) is 5.60. The maximum atomic E-state index is 13.5. The third kappa shape index (κ3) is 1.91. The Kier molecular flexibility index (Phi) is 3.54. The van der Waals surface area contributed by atoms with E-state index >= 15 is 0 Å². The number of carbonyl (C=O) groups excluding carboxylic acids is 1. The van der Waals surface area contributed by atoms with Crippen molar-refractivity contribution in [2.45, 2.75) is 31.3 Å². The van der Waals surface area contributed by atoms with Crippen molar-refractivity contribution < 1.29 is 9.90 Å². The second-order valence-corrected chi connectivity index (χ2v) is 6.62. The standard InChI is InChI=1S/C21H21NO2/c1-15-11-13-21(16-7-3-2-4-8-16)20(24)17-9-5-6-10-19(17)22(21)18(15)12-14-23/h2-11,18,23H,12-14H2,1H3/t18-,21-/m1/s1. The van der Waals surface area contributed by atoms with Gasteiger partial charge in [0.15, 0.2) is 5.78 Å². The van der Waals surface area contributed by atoms with Crippen LogP contribution in [0.5, 0.6) is 0 Å². The van der Waals surface area contributed by atoms with Gasteiger partial charge in [0.25, 0.3) is 0 Å². The lowest BCUT2D eigenvalue weighted by Gasteiger charge is -2.47. The SMILES string of the molecule is CC1=CC[C@@]2(c3ccccc3)C(=O)c3ccccc3N2[C@@H]1CCO. The number of hydrogen-bond acceptors (Lipinski definition) is 3. The summed E-state index contributed by atoms with van der Waals surface area (Å²) >= 11 is 0. The highest BCUT2D eigenvalue weighted by Crippen LogP contribution is 2.51. The Hall–Kier alpha value is -2.39. The van der Waals surface area contributed by atoms with Crippen LogP contribution in [0.25, 0.3) is 0 Å². The number of Topliss-reactive ketones (excluding diaryl/α,β-unsaturated/α-hetero) is 1. The molecule has 2 aliphatic rings. The number of nitrogens with zero attached hydrogens (tertiary/aromatic N) is 1. The first-order valence-corrected chi connectivity index (χ1v) is 8.46. The van der Waals surface area contributed by atoms with Crippen molar-refractivity contribution in [1.82, 2.24) is 0 Å². The number of anilines is 1. The molecular formula is C21H21NO2. The molecule has 24 heavy (non-hydrogen) atoms. The molecule has 2 aromatic rings. The summed E-state index contributed by atoms with van der Waals surface area (Å²) in [5.41, 5.74) is 3.33. The number of fused-ring (bicyclic) bond motifs is 3. The number of carbonyl (C=O) groups is 1. The van der Waals surface area contributed by atoms with Crippen molar-refractivity contribution in [2.75, 3.05) is 11.5 Å². The molecule has 0 saturated heterocycles. The molecular weight excluding hydrogens is 298 g/mol. The zero-order valence-electron chi connectivity index (χ0n) is 13.8. The molecule has 122 valence electrons. The van der Waals surface area contributed by atoms with E-state index in [-0.39, 0.29) is 18.4 Å². The molecule has 4 rings (SSSR count). The number of para-hydroxylation sites is 1. The predicted molar refractivity (Wildman–Crippen MR) is 95.2 cm³/mol. The smallest absolute Gasteiger partial charge is 0.195 e. The molecule has 0 fully saturated rings. The van der Waals surface area contributed by atoms with Gasteiger partial charge < -0.3 is 10.0 Å². The monoisotopic (exact) mass is 319 g/mol. The van der Waals surface area contributed by atoms with E-state index in [0.29, 0.717) is 12.8 Å². The van der Waals surface area contributed by atoms with Crippen molar-refractivity contribution in [2.24, 2.45) is 0 Å². The Labute approximate surface area is 142 Å². The van der Waals surface area contributed by atoms with Gasteiger partial charge in [-0.2, -0.15) is 0 Å². The van der Waals surface area contributed by atoms with Gasteiger partial charge in [0.1, 0.15) is 5.54 Å². The van der Waals surface area contributed by atoms with E-state index in [9.17, 15) is 9.90 Å². The highest BCUT2D eigenvalue weighted by atomic mass is 16.3. The first kappa shape index (κ1) is 15.2. The molecule has 1 N–H and O–H groups in total. The van der Waals surface area contributed by atoms with Gasteiger partial charge in [0.2, 0.25) is 0 Å². The Morgan fingerprint density at radius 3 is 2.58 bits per heavy atom. The van der Waals surface area contributed by atoms with E-state index in [1.165, 1.54) is 5.57 Å². The Balaban J connectivity index is 1.98.